The van der Waals surface area contributed by atoms with Crippen LogP contribution in [0.5, 0.6) is 0 Å². The van der Waals surface area contributed by atoms with Crippen molar-refractivity contribution in [2.75, 3.05) is 7.11 Å². The third-order valence-corrected chi connectivity index (χ3v) is 12.1. The van der Waals surface area contributed by atoms with Gasteiger partial charge >= 0.3 is 5.63 Å². The van der Waals surface area contributed by atoms with Crippen molar-refractivity contribution in [3.8, 4) is 0 Å². The molecule has 1 aromatic rings. The molecule has 1 aliphatic heterocycles. The van der Waals surface area contributed by atoms with Gasteiger partial charge in [0.2, 0.25) is 0 Å². The fourth-order valence-electron chi connectivity index (χ4n) is 9.99. The molecule has 10 nitrogen and oxygen atoms in total. The van der Waals surface area contributed by atoms with E-state index in [2.05, 4.69) is 0 Å². The lowest BCUT2D eigenvalue weighted by Crippen LogP contribution is -2.63. The zero-order chi connectivity index (χ0) is 29.3. The standard InChI is InChI=1S/C31H44O10/c1-16-25(35)27(38-3)26(36)28(40-16)41-19-8-11-30(15-32)18(12-19)5-6-21-20(30)9-10-29(2)24(22(33)13-31(21,29)37)17-4-7-23(34)39-14-17/h4,7,14-16,18-22,24-28,33,35-37H,5-6,8-13H2,1-3H3/t16-,18+,19+,20+,21-,22+,24+,25-,26-,27+,28?,29-,30-,31+/m1/s1. The highest BCUT2D eigenvalue weighted by atomic mass is 16.7. The third kappa shape index (κ3) is 4.31. The van der Waals surface area contributed by atoms with E-state index in [0.29, 0.717) is 25.7 Å². The molecule has 4 aliphatic carbocycles. The van der Waals surface area contributed by atoms with Crippen molar-refractivity contribution in [3.63, 3.8) is 0 Å². The fourth-order valence-corrected chi connectivity index (χ4v) is 9.99. The Balaban J connectivity index is 1.21. The third-order valence-electron chi connectivity index (χ3n) is 12.1. The van der Waals surface area contributed by atoms with Crippen LogP contribution in [0.15, 0.2) is 27.6 Å². The molecule has 1 saturated heterocycles. The predicted molar refractivity (Wildman–Crippen MR) is 145 cm³/mol. The van der Waals surface area contributed by atoms with Crippen molar-refractivity contribution in [1.82, 2.24) is 0 Å². The summed E-state index contributed by atoms with van der Waals surface area (Å²) in [4.78, 5) is 24.6. The van der Waals surface area contributed by atoms with Gasteiger partial charge in [-0.15, -0.1) is 0 Å². The molecule has 0 amide bonds. The van der Waals surface area contributed by atoms with E-state index in [0.717, 1.165) is 31.1 Å². The Morgan fingerprint density at radius 2 is 1.83 bits per heavy atom. The van der Waals surface area contributed by atoms with Crippen molar-refractivity contribution < 1.29 is 43.8 Å². The second kappa shape index (κ2) is 10.5. The van der Waals surface area contributed by atoms with Gasteiger partial charge in [0, 0.05) is 36.3 Å². The lowest BCUT2D eigenvalue weighted by atomic mass is 9.43. The average molecular weight is 577 g/mol. The van der Waals surface area contributed by atoms with Gasteiger partial charge < -0.3 is 43.8 Å². The van der Waals surface area contributed by atoms with Gasteiger partial charge in [-0.05, 0) is 81.3 Å². The van der Waals surface area contributed by atoms with Crippen LogP contribution in [0.2, 0.25) is 0 Å². The number of hydrogen-bond acceptors (Lipinski definition) is 10. The maximum absolute atomic E-state index is 13.0. The van der Waals surface area contributed by atoms with Crippen LogP contribution >= 0.6 is 0 Å². The van der Waals surface area contributed by atoms with Crippen molar-refractivity contribution in [1.29, 1.82) is 0 Å². The quantitative estimate of drug-likeness (QED) is 0.302. The summed E-state index contributed by atoms with van der Waals surface area (Å²) in [6.45, 7) is 3.76. The zero-order valence-corrected chi connectivity index (χ0v) is 24.1. The number of rotatable bonds is 5. The van der Waals surface area contributed by atoms with Crippen LogP contribution in [0.25, 0.3) is 0 Å². The van der Waals surface area contributed by atoms with Gasteiger partial charge in [0.25, 0.3) is 0 Å². The minimum atomic E-state index is -1.16. The Hall–Kier alpha value is -1.66. The van der Waals surface area contributed by atoms with Crippen LogP contribution in [-0.2, 0) is 19.0 Å². The largest absolute Gasteiger partial charge is 0.431 e. The molecule has 10 heteroatoms. The topological polar surface area (TPSA) is 156 Å². The number of hydrogen-bond donors (Lipinski definition) is 4. The number of aliphatic hydroxyl groups is 4. The summed E-state index contributed by atoms with van der Waals surface area (Å²) in [6, 6.07) is 3.05. The van der Waals surface area contributed by atoms with E-state index >= 15 is 0 Å². The number of carbonyl (C=O) groups excluding carboxylic acids is 1. The monoisotopic (exact) mass is 576 g/mol. The van der Waals surface area contributed by atoms with Gasteiger partial charge in [0.05, 0.1) is 30.2 Å². The molecule has 0 spiro atoms. The molecule has 5 fully saturated rings. The maximum atomic E-state index is 13.0. The predicted octanol–water partition coefficient (Wildman–Crippen LogP) is 1.90. The van der Waals surface area contributed by atoms with Gasteiger partial charge in [-0.25, -0.2) is 4.79 Å². The van der Waals surface area contributed by atoms with E-state index in [1.165, 1.54) is 19.4 Å². The van der Waals surface area contributed by atoms with Gasteiger partial charge in [-0.1, -0.05) is 6.92 Å². The van der Waals surface area contributed by atoms with Crippen LogP contribution in [0.3, 0.4) is 0 Å². The number of methoxy groups -OCH3 is 1. The van der Waals surface area contributed by atoms with E-state index in [1.807, 2.05) is 6.92 Å². The molecule has 1 aromatic heterocycles. The molecule has 0 radical (unpaired) electrons. The Labute approximate surface area is 240 Å². The van der Waals surface area contributed by atoms with Crippen LogP contribution in [0.4, 0.5) is 0 Å². The first kappa shape index (κ1) is 29.4. The van der Waals surface area contributed by atoms with Crippen molar-refractivity contribution in [3.05, 3.63) is 34.4 Å². The van der Waals surface area contributed by atoms with Gasteiger partial charge in [0.15, 0.2) is 6.29 Å². The molecule has 0 aromatic carbocycles. The molecule has 228 valence electrons. The summed E-state index contributed by atoms with van der Waals surface area (Å²) in [7, 11) is 1.44. The van der Waals surface area contributed by atoms with Crippen molar-refractivity contribution in [2.45, 2.75) is 120 Å². The molecule has 6 rings (SSSR count). The van der Waals surface area contributed by atoms with Crippen LogP contribution < -0.4 is 5.63 Å². The first-order valence-corrected chi connectivity index (χ1v) is 15.1. The van der Waals surface area contributed by atoms with Crippen molar-refractivity contribution >= 4 is 6.29 Å². The van der Waals surface area contributed by atoms with E-state index in [-0.39, 0.29) is 36.2 Å². The minimum Gasteiger partial charge on any atom is -0.431 e. The van der Waals surface area contributed by atoms with E-state index in [4.69, 9.17) is 18.6 Å². The van der Waals surface area contributed by atoms with Gasteiger partial charge in [-0.2, -0.15) is 0 Å². The van der Waals surface area contributed by atoms with E-state index in [1.54, 1.807) is 13.0 Å². The van der Waals surface area contributed by atoms with Crippen molar-refractivity contribution in [2.24, 2.45) is 28.6 Å². The van der Waals surface area contributed by atoms with Crippen LogP contribution in [0.1, 0.15) is 76.7 Å². The molecule has 4 N–H and O–H groups in total. The normalized spacial score (nSPS) is 51.3. The summed E-state index contributed by atoms with van der Waals surface area (Å²) in [5.41, 5.74) is -2.11. The number of aliphatic hydroxyl groups excluding tert-OH is 3. The number of carbonyl (C=O) groups is 1. The second-order valence-corrected chi connectivity index (χ2v) is 13.7. The maximum Gasteiger partial charge on any atom is 0.335 e. The molecule has 5 aliphatic rings. The summed E-state index contributed by atoms with van der Waals surface area (Å²) in [6.07, 6.45) is 2.15. The van der Waals surface area contributed by atoms with E-state index in [9.17, 15) is 30.0 Å². The summed E-state index contributed by atoms with van der Waals surface area (Å²) in [5.74, 6) is -0.447. The SMILES string of the molecule is CO[C@H]1[C@H](O)[C@@H](C)OC(O[C@H]2CC[C@@]3(C=O)[C@@H](CC[C@@H]4[C@@H]3CC[C@]3(C)[C@@H](c5ccc(=O)oc5)[C@@H](O)C[C@]43O)C2)[C@@H]1O. The van der Waals surface area contributed by atoms with Crippen LogP contribution in [-0.4, -0.2) is 82.3 Å². The zero-order valence-electron chi connectivity index (χ0n) is 24.1. The summed E-state index contributed by atoms with van der Waals surface area (Å²) < 4.78 is 22.5. The van der Waals surface area contributed by atoms with Gasteiger partial charge in [-0.3, -0.25) is 0 Å². The van der Waals surface area contributed by atoms with E-state index < -0.39 is 58.9 Å². The number of ether oxygens (including phenoxy) is 3. The molecule has 4 saturated carbocycles. The summed E-state index contributed by atoms with van der Waals surface area (Å²) >= 11 is 0. The second-order valence-electron chi connectivity index (χ2n) is 13.7. The van der Waals surface area contributed by atoms with Gasteiger partial charge in [0.1, 0.15) is 24.6 Å². The van der Waals surface area contributed by atoms with Crippen LogP contribution in [0, 0.1) is 28.6 Å². The molecule has 2 heterocycles. The smallest absolute Gasteiger partial charge is 0.335 e. The molecule has 14 atom stereocenters. The first-order chi connectivity index (χ1) is 19.5. The first-order valence-electron chi connectivity index (χ1n) is 15.1. The molecule has 0 bridgehead atoms. The Kier molecular flexibility index (Phi) is 7.54. The highest BCUT2D eigenvalue weighted by molar-refractivity contribution is 5.62. The fraction of sp³-hybridized carbons (Fsp3) is 0.806. The highest BCUT2D eigenvalue weighted by Crippen LogP contribution is 2.70. The average Bonchev–Trinajstić information content (AvgIpc) is 3.17. The minimum absolute atomic E-state index is 0.0120. The number of aldehydes is 1. The molecular formula is C31H44O10. The lowest BCUT2D eigenvalue weighted by Gasteiger charge is -2.62. The molecule has 1 unspecified atom stereocenters. The molecule has 41 heavy (non-hydrogen) atoms. The Bertz CT molecular complexity index is 1170. The highest BCUT2D eigenvalue weighted by Gasteiger charge is 2.70. The summed E-state index contributed by atoms with van der Waals surface area (Å²) in [5, 5.41) is 44.8. The lowest BCUT2D eigenvalue weighted by molar-refractivity contribution is -0.312. The Morgan fingerprint density at radius 3 is 2.51 bits per heavy atom. The Morgan fingerprint density at radius 1 is 1.05 bits per heavy atom. The molecular weight excluding hydrogens is 532 g/mol. The number of fused-ring (bicyclic) bond motifs is 5.